The molecule has 34 heavy (non-hydrogen) atoms. The predicted molar refractivity (Wildman–Crippen MR) is 132 cm³/mol. The molecule has 5 N–H and O–H groups in total. The van der Waals surface area contributed by atoms with Gasteiger partial charge in [-0.05, 0) is 48.8 Å². The maximum atomic E-state index is 15.2. The second kappa shape index (κ2) is 8.57. The van der Waals surface area contributed by atoms with Crippen LogP contribution < -0.4 is 16.8 Å². The smallest absolute Gasteiger partial charge is 0.154 e. The van der Waals surface area contributed by atoms with Gasteiger partial charge in [-0.15, -0.1) is 0 Å². The Bertz CT molecular complexity index is 1380. The van der Waals surface area contributed by atoms with E-state index in [-0.39, 0.29) is 11.8 Å². The molecule has 3 aromatic heterocycles. The summed E-state index contributed by atoms with van der Waals surface area (Å²) in [7, 11) is 1.74. The lowest BCUT2D eigenvalue weighted by molar-refractivity contribution is 0.0795. The minimum Gasteiger partial charge on any atom is -0.397 e. The molecule has 0 spiro atoms. The molecule has 0 radical (unpaired) electrons. The van der Waals surface area contributed by atoms with Crippen LogP contribution >= 0.6 is 0 Å². The number of hydrogen-bond donors (Lipinski definition) is 3. The summed E-state index contributed by atoms with van der Waals surface area (Å²) in [6.07, 6.45) is 6.94. The third-order valence-electron chi connectivity index (χ3n) is 6.75. The summed E-state index contributed by atoms with van der Waals surface area (Å²) in [6, 6.07) is 5.65. The first-order chi connectivity index (χ1) is 16.4. The van der Waals surface area contributed by atoms with Crippen LogP contribution in [0.1, 0.15) is 36.9 Å². The number of halogens is 1. The summed E-state index contributed by atoms with van der Waals surface area (Å²) in [5, 5.41) is 9.31. The second-order valence-electron chi connectivity index (χ2n) is 8.94. The Kier molecular flexibility index (Phi) is 5.57. The number of benzene rings is 1. The number of nitrogens with two attached hydrogens (primary N) is 2. The number of pyridine rings is 2. The van der Waals surface area contributed by atoms with Gasteiger partial charge in [0.2, 0.25) is 0 Å². The average molecular weight is 462 g/mol. The number of fused-ring (bicyclic) bond motifs is 2. The molecule has 0 bridgehead atoms. The van der Waals surface area contributed by atoms with Crippen molar-refractivity contribution in [1.29, 1.82) is 0 Å². The number of nitrogens with one attached hydrogen (secondary N) is 1. The highest BCUT2D eigenvalue weighted by Gasteiger charge is 2.23. The number of rotatable bonds is 4. The van der Waals surface area contributed by atoms with Gasteiger partial charge in [0.1, 0.15) is 5.82 Å². The summed E-state index contributed by atoms with van der Waals surface area (Å²) in [6.45, 7) is 4.76. The van der Waals surface area contributed by atoms with Gasteiger partial charge in [-0.3, -0.25) is 9.67 Å². The van der Waals surface area contributed by atoms with Gasteiger partial charge in [-0.2, -0.15) is 5.10 Å². The van der Waals surface area contributed by atoms with E-state index in [1.165, 1.54) is 5.69 Å². The molecule has 4 heterocycles. The van der Waals surface area contributed by atoms with E-state index in [2.05, 4.69) is 28.3 Å². The zero-order valence-electron chi connectivity index (χ0n) is 19.5. The van der Waals surface area contributed by atoms with E-state index in [9.17, 15) is 0 Å². The fourth-order valence-electron chi connectivity index (χ4n) is 4.60. The van der Waals surface area contributed by atoms with Gasteiger partial charge in [-0.25, -0.2) is 9.37 Å². The van der Waals surface area contributed by atoms with E-state index < -0.39 is 5.82 Å². The molecule has 8 nitrogen and oxygen atoms in total. The van der Waals surface area contributed by atoms with Crippen molar-refractivity contribution in [3.05, 3.63) is 53.9 Å². The van der Waals surface area contributed by atoms with Crippen molar-refractivity contribution in [3.63, 3.8) is 0 Å². The molecule has 1 aliphatic heterocycles. The van der Waals surface area contributed by atoms with Crippen LogP contribution in [0.25, 0.3) is 21.9 Å². The number of nitrogens with zero attached hydrogens (tertiary/aromatic N) is 4. The molecule has 0 saturated carbocycles. The van der Waals surface area contributed by atoms with Gasteiger partial charge in [-0.1, -0.05) is 6.92 Å². The lowest BCUT2D eigenvalue weighted by Crippen LogP contribution is -2.18. The molecule has 1 aromatic carbocycles. The van der Waals surface area contributed by atoms with E-state index in [0.717, 1.165) is 30.3 Å². The molecule has 0 fully saturated rings. The standard InChI is InChI=1S/C25H28FN7O/c1-13-4-5-16(34-3)12-33-21(13)8-23(32-33)31-22-7-15-6-17(18-9-29-11-20(27)14(18)2)24(26)25(28)19(15)10-30-22/h6-11,13,16H,4-5,12,27-28H2,1-3H3,(H,30,31,32)/t13-,16+/m1/s1. The SMILES string of the molecule is CO[C@H]1CC[C@@H](C)c2cc(Nc3cc4cc(-c5cncc(N)c5C)c(F)c(N)c4cn3)nn2C1. The number of nitrogen functional groups attached to an aromatic ring is 2. The summed E-state index contributed by atoms with van der Waals surface area (Å²) in [5.74, 6) is 1.17. The largest absolute Gasteiger partial charge is 0.397 e. The maximum absolute atomic E-state index is 15.2. The van der Waals surface area contributed by atoms with Crippen molar-refractivity contribution >= 4 is 33.8 Å². The molecule has 1 aliphatic rings. The van der Waals surface area contributed by atoms with Crippen LogP contribution in [0.5, 0.6) is 0 Å². The first-order valence-electron chi connectivity index (χ1n) is 11.3. The Balaban J connectivity index is 1.52. The first kappa shape index (κ1) is 22.1. The zero-order chi connectivity index (χ0) is 24.0. The normalized spacial score (nSPS) is 18.0. The third-order valence-corrected chi connectivity index (χ3v) is 6.75. The van der Waals surface area contributed by atoms with Gasteiger partial charge < -0.3 is 21.5 Å². The van der Waals surface area contributed by atoms with Crippen LogP contribution in [0.3, 0.4) is 0 Å². The zero-order valence-corrected chi connectivity index (χ0v) is 19.5. The average Bonchev–Trinajstić information content (AvgIpc) is 3.16. The molecule has 9 heteroatoms. The Hall–Kier alpha value is -3.72. The summed E-state index contributed by atoms with van der Waals surface area (Å²) in [4.78, 5) is 8.57. The maximum Gasteiger partial charge on any atom is 0.154 e. The molecule has 5 rings (SSSR count). The van der Waals surface area contributed by atoms with Gasteiger partial charge >= 0.3 is 0 Å². The highest BCUT2D eigenvalue weighted by molar-refractivity contribution is 5.98. The van der Waals surface area contributed by atoms with Crippen molar-refractivity contribution < 1.29 is 9.13 Å². The minimum absolute atomic E-state index is 0.0431. The Labute approximate surface area is 197 Å². The molecule has 0 unspecified atom stereocenters. The van der Waals surface area contributed by atoms with Crippen molar-refractivity contribution in [2.24, 2.45) is 0 Å². The highest BCUT2D eigenvalue weighted by atomic mass is 19.1. The fourth-order valence-corrected chi connectivity index (χ4v) is 4.60. The van der Waals surface area contributed by atoms with Crippen LogP contribution in [0, 0.1) is 12.7 Å². The van der Waals surface area contributed by atoms with Crippen molar-refractivity contribution in [2.45, 2.75) is 45.3 Å². The van der Waals surface area contributed by atoms with Crippen LogP contribution in [-0.2, 0) is 11.3 Å². The van der Waals surface area contributed by atoms with Gasteiger partial charge in [0.05, 0.1) is 30.2 Å². The molecule has 0 saturated heterocycles. The first-order valence-corrected chi connectivity index (χ1v) is 11.3. The molecule has 2 atom stereocenters. The van der Waals surface area contributed by atoms with Crippen molar-refractivity contribution in [3.8, 4) is 11.1 Å². The van der Waals surface area contributed by atoms with E-state index in [1.807, 2.05) is 17.7 Å². The number of methoxy groups -OCH3 is 1. The Morgan fingerprint density at radius 2 is 1.91 bits per heavy atom. The quantitative estimate of drug-likeness (QED) is 0.375. The lowest BCUT2D eigenvalue weighted by Gasteiger charge is -2.13. The summed E-state index contributed by atoms with van der Waals surface area (Å²) >= 11 is 0. The van der Waals surface area contributed by atoms with Crippen LogP contribution in [0.4, 0.5) is 27.4 Å². The Morgan fingerprint density at radius 1 is 1.09 bits per heavy atom. The minimum atomic E-state index is -0.509. The number of aromatic nitrogens is 4. The van der Waals surface area contributed by atoms with E-state index in [4.69, 9.17) is 21.3 Å². The Morgan fingerprint density at radius 3 is 2.71 bits per heavy atom. The van der Waals surface area contributed by atoms with Gasteiger partial charge in [0, 0.05) is 47.8 Å². The molecule has 4 aromatic rings. The number of ether oxygens (including phenoxy) is 1. The number of hydrogen-bond acceptors (Lipinski definition) is 7. The molecule has 0 aliphatic carbocycles. The third kappa shape index (κ3) is 3.81. The van der Waals surface area contributed by atoms with Gasteiger partial charge in [0.15, 0.2) is 11.6 Å². The summed E-state index contributed by atoms with van der Waals surface area (Å²) < 4.78 is 22.8. The molecular weight excluding hydrogens is 433 g/mol. The molecule has 0 amide bonds. The van der Waals surface area contributed by atoms with E-state index >= 15 is 4.39 Å². The highest BCUT2D eigenvalue weighted by Crippen LogP contribution is 2.36. The summed E-state index contributed by atoms with van der Waals surface area (Å²) in [5.41, 5.74) is 15.6. The van der Waals surface area contributed by atoms with E-state index in [1.54, 1.807) is 31.8 Å². The number of anilines is 4. The van der Waals surface area contributed by atoms with E-state index in [0.29, 0.717) is 39.8 Å². The monoisotopic (exact) mass is 461 g/mol. The van der Waals surface area contributed by atoms with Crippen LogP contribution in [-0.4, -0.2) is 33.0 Å². The predicted octanol–water partition coefficient (Wildman–Crippen LogP) is 4.76. The van der Waals surface area contributed by atoms with Gasteiger partial charge in [0.25, 0.3) is 0 Å². The van der Waals surface area contributed by atoms with Crippen LogP contribution in [0.2, 0.25) is 0 Å². The van der Waals surface area contributed by atoms with Crippen LogP contribution in [0.15, 0.2) is 36.8 Å². The lowest BCUT2D eigenvalue weighted by atomic mass is 9.97. The molecular formula is C25H28FN7O. The topological polar surface area (TPSA) is 117 Å². The molecule has 176 valence electrons. The fraction of sp³-hybridized carbons (Fsp3) is 0.320. The second-order valence-corrected chi connectivity index (χ2v) is 8.94. The van der Waals surface area contributed by atoms with Crippen molar-refractivity contribution in [1.82, 2.24) is 19.7 Å². The van der Waals surface area contributed by atoms with Crippen molar-refractivity contribution in [2.75, 3.05) is 23.9 Å².